The van der Waals surface area contributed by atoms with Gasteiger partial charge in [0, 0.05) is 30.2 Å². The van der Waals surface area contributed by atoms with Crippen LogP contribution < -0.4 is 11.1 Å². The Balaban J connectivity index is 2.18. The monoisotopic (exact) mass is 287 g/mol. The Bertz CT molecular complexity index is 610. The molecular weight excluding hydrogens is 274 g/mol. The van der Waals surface area contributed by atoms with E-state index in [1.165, 1.54) is 6.20 Å². The SMILES string of the molecule is Nc1cc(F)c(NCCCC(F)(F)F)c2ncccc12. The van der Waals surface area contributed by atoms with Crippen LogP contribution in [0.15, 0.2) is 24.4 Å². The van der Waals surface area contributed by atoms with Gasteiger partial charge in [0.2, 0.25) is 0 Å². The molecule has 3 N–H and O–H groups in total. The number of rotatable bonds is 4. The van der Waals surface area contributed by atoms with Crippen molar-refractivity contribution in [2.75, 3.05) is 17.6 Å². The summed E-state index contributed by atoms with van der Waals surface area (Å²) in [5.41, 5.74) is 6.32. The standard InChI is InChI=1S/C13H13F4N3/c14-9-7-10(18)8-3-1-5-19-11(8)12(9)20-6-2-4-13(15,16)17/h1,3,5,7,20H,2,4,6,18H2. The van der Waals surface area contributed by atoms with Gasteiger partial charge in [0.25, 0.3) is 0 Å². The Kier molecular flexibility index (Phi) is 3.96. The summed E-state index contributed by atoms with van der Waals surface area (Å²) in [5, 5.41) is 3.22. The van der Waals surface area contributed by atoms with E-state index >= 15 is 0 Å². The van der Waals surface area contributed by atoms with Crippen LogP contribution in [0.2, 0.25) is 0 Å². The molecule has 1 heterocycles. The first-order chi connectivity index (χ1) is 9.38. The summed E-state index contributed by atoms with van der Waals surface area (Å²) in [6, 6.07) is 4.47. The number of benzene rings is 1. The minimum Gasteiger partial charge on any atom is -0.398 e. The number of alkyl halides is 3. The van der Waals surface area contributed by atoms with Gasteiger partial charge in [-0.25, -0.2) is 4.39 Å². The fraction of sp³-hybridized carbons (Fsp3) is 0.308. The van der Waals surface area contributed by atoms with E-state index in [0.29, 0.717) is 10.9 Å². The maximum absolute atomic E-state index is 13.8. The van der Waals surface area contributed by atoms with Crippen molar-refractivity contribution in [3.8, 4) is 0 Å². The largest absolute Gasteiger partial charge is 0.398 e. The Hall–Kier alpha value is -2.05. The third-order valence-electron chi connectivity index (χ3n) is 2.82. The molecule has 0 aliphatic carbocycles. The van der Waals surface area contributed by atoms with Crippen molar-refractivity contribution in [3.63, 3.8) is 0 Å². The fourth-order valence-electron chi connectivity index (χ4n) is 1.91. The van der Waals surface area contributed by atoms with Gasteiger partial charge in [-0.05, 0) is 24.6 Å². The van der Waals surface area contributed by atoms with Gasteiger partial charge in [0.05, 0.1) is 11.2 Å². The lowest BCUT2D eigenvalue weighted by molar-refractivity contribution is -0.134. The Morgan fingerprint density at radius 3 is 2.75 bits per heavy atom. The second kappa shape index (κ2) is 5.52. The highest BCUT2D eigenvalue weighted by atomic mass is 19.4. The summed E-state index contributed by atoms with van der Waals surface area (Å²) in [7, 11) is 0. The predicted molar refractivity (Wildman–Crippen MR) is 69.9 cm³/mol. The smallest absolute Gasteiger partial charge is 0.389 e. The van der Waals surface area contributed by atoms with Crippen molar-refractivity contribution >= 4 is 22.3 Å². The molecule has 3 nitrogen and oxygen atoms in total. The number of fused-ring (bicyclic) bond motifs is 1. The fourth-order valence-corrected chi connectivity index (χ4v) is 1.91. The lowest BCUT2D eigenvalue weighted by atomic mass is 10.1. The first kappa shape index (κ1) is 14.4. The molecule has 0 saturated heterocycles. The van der Waals surface area contributed by atoms with Crippen LogP contribution in [0.1, 0.15) is 12.8 Å². The van der Waals surface area contributed by atoms with Crippen LogP contribution in [0.3, 0.4) is 0 Å². The molecule has 7 heteroatoms. The molecule has 0 unspecified atom stereocenters. The molecule has 2 aromatic rings. The predicted octanol–water partition coefficient (Wildman–Crippen LogP) is 3.71. The Morgan fingerprint density at radius 1 is 1.30 bits per heavy atom. The normalized spacial score (nSPS) is 11.8. The topological polar surface area (TPSA) is 50.9 Å². The van der Waals surface area contributed by atoms with Crippen LogP contribution in [0.25, 0.3) is 10.9 Å². The van der Waals surface area contributed by atoms with Crippen molar-refractivity contribution < 1.29 is 17.6 Å². The average Bonchev–Trinajstić information content (AvgIpc) is 2.36. The van der Waals surface area contributed by atoms with E-state index in [0.717, 1.165) is 6.07 Å². The lowest BCUT2D eigenvalue weighted by Gasteiger charge is -2.12. The zero-order valence-corrected chi connectivity index (χ0v) is 10.5. The third kappa shape index (κ3) is 3.28. The highest BCUT2D eigenvalue weighted by molar-refractivity contribution is 5.98. The van der Waals surface area contributed by atoms with Crippen LogP contribution in [-0.4, -0.2) is 17.7 Å². The number of nitrogens with one attached hydrogen (secondary N) is 1. The van der Waals surface area contributed by atoms with Crippen molar-refractivity contribution in [2.24, 2.45) is 0 Å². The van der Waals surface area contributed by atoms with Gasteiger partial charge in [-0.1, -0.05) is 0 Å². The molecule has 0 saturated carbocycles. The second-order valence-electron chi connectivity index (χ2n) is 4.37. The molecule has 0 radical (unpaired) electrons. The third-order valence-corrected chi connectivity index (χ3v) is 2.82. The quantitative estimate of drug-likeness (QED) is 0.512. The molecule has 0 aliphatic heterocycles. The van der Waals surface area contributed by atoms with Crippen LogP contribution in [0.5, 0.6) is 0 Å². The number of hydrogen-bond donors (Lipinski definition) is 2. The van der Waals surface area contributed by atoms with E-state index in [9.17, 15) is 17.6 Å². The summed E-state index contributed by atoms with van der Waals surface area (Å²) in [6.45, 7) is 0.00597. The van der Waals surface area contributed by atoms with Gasteiger partial charge < -0.3 is 11.1 Å². The summed E-state index contributed by atoms with van der Waals surface area (Å²) >= 11 is 0. The number of nitrogens with zero attached hydrogens (tertiary/aromatic N) is 1. The van der Waals surface area contributed by atoms with Crippen LogP contribution in [-0.2, 0) is 0 Å². The molecule has 0 aliphatic rings. The Labute approximate surface area is 112 Å². The van der Waals surface area contributed by atoms with E-state index < -0.39 is 18.4 Å². The molecule has 20 heavy (non-hydrogen) atoms. The number of hydrogen-bond acceptors (Lipinski definition) is 3. The number of halogens is 4. The number of anilines is 2. The first-order valence-electron chi connectivity index (χ1n) is 6.02. The molecule has 0 spiro atoms. The number of nitrogens with two attached hydrogens (primary N) is 1. The van der Waals surface area contributed by atoms with Crippen molar-refractivity contribution in [3.05, 3.63) is 30.2 Å². The maximum Gasteiger partial charge on any atom is 0.389 e. The van der Waals surface area contributed by atoms with Crippen molar-refractivity contribution in [2.45, 2.75) is 19.0 Å². The van der Waals surface area contributed by atoms with Crippen LogP contribution in [0, 0.1) is 5.82 Å². The summed E-state index contributed by atoms with van der Waals surface area (Å²) < 4.78 is 49.9. The molecule has 0 amide bonds. The zero-order valence-electron chi connectivity index (χ0n) is 10.5. The van der Waals surface area contributed by atoms with Gasteiger partial charge in [0.15, 0.2) is 5.82 Å². The van der Waals surface area contributed by atoms with Crippen LogP contribution >= 0.6 is 0 Å². The Morgan fingerprint density at radius 2 is 2.05 bits per heavy atom. The summed E-state index contributed by atoms with van der Waals surface area (Å²) in [5.74, 6) is -0.624. The average molecular weight is 287 g/mol. The van der Waals surface area contributed by atoms with E-state index in [4.69, 9.17) is 5.73 Å². The van der Waals surface area contributed by atoms with E-state index in [2.05, 4.69) is 10.3 Å². The van der Waals surface area contributed by atoms with Crippen molar-refractivity contribution in [1.82, 2.24) is 4.98 Å². The maximum atomic E-state index is 13.8. The number of pyridine rings is 1. The minimum absolute atomic E-state index is 0.00597. The molecule has 0 atom stereocenters. The van der Waals surface area contributed by atoms with Gasteiger partial charge >= 0.3 is 6.18 Å². The number of nitrogen functional groups attached to an aromatic ring is 1. The van der Waals surface area contributed by atoms with Gasteiger partial charge in [0.1, 0.15) is 0 Å². The zero-order chi connectivity index (χ0) is 14.8. The lowest BCUT2D eigenvalue weighted by Crippen LogP contribution is -2.12. The molecule has 108 valence electrons. The van der Waals surface area contributed by atoms with E-state index in [1.54, 1.807) is 12.1 Å². The van der Waals surface area contributed by atoms with Gasteiger partial charge in [-0.2, -0.15) is 13.2 Å². The molecular formula is C13H13F4N3. The molecule has 0 bridgehead atoms. The van der Waals surface area contributed by atoms with Crippen molar-refractivity contribution in [1.29, 1.82) is 0 Å². The van der Waals surface area contributed by atoms with Gasteiger partial charge in [-0.15, -0.1) is 0 Å². The molecule has 2 rings (SSSR count). The highest BCUT2D eigenvalue weighted by Gasteiger charge is 2.26. The minimum atomic E-state index is -4.21. The van der Waals surface area contributed by atoms with E-state index in [-0.39, 0.29) is 24.3 Å². The highest BCUT2D eigenvalue weighted by Crippen LogP contribution is 2.29. The first-order valence-corrected chi connectivity index (χ1v) is 6.02. The molecule has 1 aromatic heterocycles. The summed E-state index contributed by atoms with van der Waals surface area (Å²) in [4.78, 5) is 4.03. The molecule has 0 fully saturated rings. The second-order valence-corrected chi connectivity index (χ2v) is 4.37. The van der Waals surface area contributed by atoms with Gasteiger partial charge in [-0.3, -0.25) is 4.98 Å². The summed E-state index contributed by atoms with van der Waals surface area (Å²) in [6.07, 6.45) is -3.78. The molecule has 1 aromatic carbocycles. The number of aromatic nitrogens is 1. The van der Waals surface area contributed by atoms with Crippen LogP contribution in [0.4, 0.5) is 28.9 Å². The van der Waals surface area contributed by atoms with E-state index in [1.807, 2.05) is 0 Å².